The molecule has 0 saturated heterocycles. The Hall–Kier alpha value is -2.21. The van der Waals surface area contributed by atoms with Crippen molar-refractivity contribution in [2.75, 3.05) is 0 Å². The molecule has 108 valence electrons. The maximum absolute atomic E-state index is 12.9. The summed E-state index contributed by atoms with van der Waals surface area (Å²) in [6.45, 7) is 1.20. The van der Waals surface area contributed by atoms with Crippen LogP contribution in [-0.2, 0) is 9.68 Å². The van der Waals surface area contributed by atoms with Gasteiger partial charge in [-0.15, -0.1) is 0 Å². The highest BCUT2D eigenvalue weighted by molar-refractivity contribution is 9.10. The standard InChI is InChI=1S/C15H10BrFO4/c1-9(18)20-21-13-4-2-3-12(14(13)16)15(19)10-5-7-11(17)8-6-10/h2-8H,1H3. The van der Waals surface area contributed by atoms with E-state index in [1.54, 1.807) is 12.1 Å². The van der Waals surface area contributed by atoms with Gasteiger partial charge in [0.25, 0.3) is 0 Å². The van der Waals surface area contributed by atoms with Gasteiger partial charge in [0.15, 0.2) is 11.5 Å². The first-order chi connectivity index (χ1) is 9.99. The van der Waals surface area contributed by atoms with Crippen molar-refractivity contribution in [3.05, 3.63) is 63.9 Å². The minimum Gasteiger partial charge on any atom is -0.289 e. The summed E-state index contributed by atoms with van der Waals surface area (Å²) >= 11 is 3.23. The van der Waals surface area contributed by atoms with Crippen LogP contribution < -0.4 is 4.89 Å². The van der Waals surface area contributed by atoms with Gasteiger partial charge in [0.05, 0.1) is 4.47 Å². The summed E-state index contributed by atoms with van der Waals surface area (Å²) in [5.41, 5.74) is 0.646. The van der Waals surface area contributed by atoms with E-state index >= 15 is 0 Å². The molecule has 0 N–H and O–H groups in total. The summed E-state index contributed by atoms with van der Waals surface area (Å²) in [6.07, 6.45) is 0. The van der Waals surface area contributed by atoms with Crippen molar-refractivity contribution in [2.45, 2.75) is 6.92 Å². The zero-order valence-electron chi connectivity index (χ0n) is 10.9. The van der Waals surface area contributed by atoms with E-state index in [4.69, 9.17) is 4.89 Å². The zero-order valence-corrected chi connectivity index (χ0v) is 12.5. The fraction of sp³-hybridized carbons (Fsp3) is 0.0667. The third kappa shape index (κ3) is 3.66. The van der Waals surface area contributed by atoms with E-state index in [1.165, 1.54) is 37.3 Å². The molecule has 0 unspecified atom stereocenters. The maximum Gasteiger partial charge on any atom is 0.352 e. The van der Waals surface area contributed by atoms with E-state index in [-0.39, 0.29) is 11.5 Å². The summed E-state index contributed by atoms with van der Waals surface area (Å²) in [5.74, 6) is -1.15. The number of ketones is 1. The molecule has 2 rings (SSSR count). The van der Waals surface area contributed by atoms with Gasteiger partial charge in [-0.25, -0.2) is 9.18 Å². The number of hydrogen-bond donors (Lipinski definition) is 0. The van der Waals surface area contributed by atoms with Crippen LogP contribution in [0.4, 0.5) is 4.39 Å². The average Bonchev–Trinajstić information content (AvgIpc) is 2.46. The van der Waals surface area contributed by atoms with Crippen LogP contribution in [0, 0.1) is 5.82 Å². The molecule has 0 aromatic heterocycles. The van der Waals surface area contributed by atoms with Gasteiger partial charge in [0.2, 0.25) is 0 Å². The summed E-state index contributed by atoms with van der Waals surface area (Å²) in [4.78, 5) is 32.4. The van der Waals surface area contributed by atoms with Crippen LogP contribution in [0.15, 0.2) is 46.9 Å². The topological polar surface area (TPSA) is 52.6 Å². The van der Waals surface area contributed by atoms with Crippen molar-refractivity contribution < 1.29 is 23.8 Å². The van der Waals surface area contributed by atoms with E-state index in [0.29, 0.717) is 15.6 Å². The maximum atomic E-state index is 12.9. The molecule has 0 aliphatic heterocycles. The number of hydrogen-bond acceptors (Lipinski definition) is 4. The van der Waals surface area contributed by atoms with E-state index in [0.717, 1.165) is 0 Å². The Morgan fingerprint density at radius 2 is 1.76 bits per heavy atom. The lowest BCUT2D eigenvalue weighted by atomic mass is 10.0. The Morgan fingerprint density at radius 1 is 1.10 bits per heavy atom. The van der Waals surface area contributed by atoms with Crippen molar-refractivity contribution in [1.82, 2.24) is 0 Å². The van der Waals surface area contributed by atoms with Gasteiger partial charge < -0.3 is 0 Å². The van der Waals surface area contributed by atoms with E-state index < -0.39 is 11.8 Å². The Kier molecular flexibility index (Phi) is 4.70. The number of carbonyl (C=O) groups is 2. The van der Waals surface area contributed by atoms with Gasteiger partial charge in [-0.2, -0.15) is 0 Å². The minimum absolute atomic E-state index is 0.193. The first-order valence-electron chi connectivity index (χ1n) is 5.93. The summed E-state index contributed by atoms with van der Waals surface area (Å²) in [5, 5.41) is 0. The van der Waals surface area contributed by atoms with Gasteiger partial charge in [-0.05, 0) is 52.3 Å². The summed E-state index contributed by atoms with van der Waals surface area (Å²) in [7, 11) is 0. The molecule has 2 aromatic carbocycles. The second-order valence-electron chi connectivity index (χ2n) is 4.11. The van der Waals surface area contributed by atoms with E-state index in [1.807, 2.05) is 0 Å². The molecule has 6 heteroatoms. The molecular weight excluding hydrogens is 343 g/mol. The second kappa shape index (κ2) is 6.49. The molecule has 0 aliphatic carbocycles. The molecule has 2 aromatic rings. The predicted molar refractivity (Wildman–Crippen MR) is 76.4 cm³/mol. The SMILES string of the molecule is CC(=O)OOc1cccc(C(=O)c2ccc(F)cc2)c1Br. The Morgan fingerprint density at radius 3 is 2.38 bits per heavy atom. The monoisotopic (exact) mass is 352 g/mol. The number of carbonyl (C=O) groups excluding carboxylic acids is 2. The van der Waals surface area contributed by atoms with E-state index in [9.17, 15) is 14.0 Å². The van der Waals surface area contributed by atoms with Crippen LogP contribution in [0.1, 0.15) is 22.8 Å². The lowest BCUT2D eigenvalue weighted by molar-refractivity contribution is -0.211. The average molecular weight is 353 g/mol. The molecule has 0 fully saturated rings. The van der Waals surface area contributed by atoms with Gasteiger partial charge >= 0.3 is 5.97 Å². The Labute approximate surface area is 128 Å². The molecule has 0 amide bonds. The quantitative estimate of drug-likeness (QED) is 0.478. The van der Waals surface area contributed by atoms with Gasteiger partial charge in [-0.1, -0.05) is 6.07 Å². The molecule has 0 heterocycles. The molecule has 0 radical (unpaired) electrons. The molecule has 0 spiro atoms. The zero-order chi connectivity index (χ0) is 15.4. The molecule has 0 aliphatic rings. The van der Waals surface area contributed by atoms with Crippen LogP contribution in [0.25, 0.3) is 0 Å². The van der Waals surface area contributed by atoms with Crippen LogP contribution in [0.3, 0.4) is 0 Å². The molecule has 0 bridgehead atoms. The van der Waals surface area contributed by atoms with Crippen LogP contribution in [0.5, 0.6) is 5.75 Å². The first kappa shape index (κ1) is 15.2. The lowest BCUT2D eigenvalue weighted by Gasteiger charge is -2.08. The van der Waals surface area contributed by atoms with E-state index in [2.05, 4.69) is 20.8 Å². The van der Waals surface area contributed by atoms with Gasteiger partial charge in [-0.3, -0.25) is 14.6 Å². The number of benzene rings is 2. The largest absolute Gasteiger partial charge is 0.352 e. The lowest BCUT2D eigenvalue weighted by Crippen LogP contribution is -2.06. The third-order valence-corrected chi connectivity index (χ3v) is 3.38. The molecule has 4 nitrogen and oxygen atoms in total. The second-order valence-corrected chi connectivity index (χ2v) is 4.90. The Balaban J connectivity index is 2.31. The summed E-state index contributed by atoms with van der Waals surface area (Å²) in [6, 6.07) is 9.90. The number of rotatable bonds is 4. The molecular formula is C15H10BrFO4. The van der Waals surface area contributed by atoms with Crippen LogP contribution >= 0.6 is 15.9 Å². The smallest absolute Gasteiger partial charge is 0.289 e. The normalized spacial score (nSPS) is 10.0. The highest BCUT2D eigenvalue weighted by atomic mass is 79.9. The Bertz CT molecular complexity index is 683. The van der Waals surface area contributed by atoms with Crippen LogP contribution in [0.2, 0.25) is 0 Å². The van der Waals surface area contributed by atoms with Crippen molar-refractivity contribution in [2.24, 2.45) is 0 Å². The van der Waals surface area contributed by atoms with Gasteiger partial charge in [0, 0.05) is 18.1 Å². The van der Waals surface area contributed by atoms with Crippen LogP contribution in [-0.4, -0.2) is 11.8 Å². The highest BCUT2D eigenvalue weighted by Gasteiger charge is 2.16. The third-order valence-electron chi connectivity index (χ3n) is 2.56. The van der Waals surface area contributed by atoms with Gasteiger partial charge in [0.1, 0.15) is 5.82 Å². The molecule has 21 heavy (non-hydrogen) atoms. The van der Waals surface area contributed by atoms with Crippen molar-refractivity contribution in [3.63, 3.8) is 0 Å². The number of halogens is 2. The molecule has 0 atom stereocenters. The fourth-order valence-corrected chi connectivity index (χ4v) is 2.12. The van der Waals surface area contributed by atoms with Crippen molar-refractivity contribution in [1.29, 1.82) is 0 Å². The predicted octanol–water partition coefficient (Wildman–Crippen LogP) is 3.68. The molecule has 0 saturated carbocycles. The summed E-state index contributed by atoms with van der Waals surface area (Å²) < 4.78 is 13.2. The fourth-order valence-electron chi connectivity index (χ4n) is 1.61. The van der Waals surface area contributed by atoms with Crippen molar-refractivity contribution in [3.8, 4) is 5.75 Å². The highest BCUT2D eigenvalue weighted by Crippen LogP contribution is 2.30. The first-order valence-corrected chi connectivity index (χ1v) is 6.72. The van der Waals surface area contributed by atoms with Crippen molar-refractivity contribution >= 4 is 27.7 Å². The minimum atomic E-state index is -0.614.